The highest BCUT2D eigenvalue weighted by Gasteiger charge is 2.31. The fraction of sp³-hybridized carbons (Fsp3) is 0.208. The van der Waals surface area contributed by atoms with Crippen LogP contribution < -0.4 is 15.8 Å². The molecule has 41 heavy (non-hydrogen) atoms. The van der Waals surface area contributed by atoms with E-state index in [1.54, 1.807) is 6.92 Å². The van der Waals surface area contributed by atoms with Gasteiger partial charge in [0.05, 0.1) is 5.56 Å². The van der Waals surface area contributed by atoms with Crippen molar-refractivity contribution in [2.24, 2.45) is 5.73 Å². The molecule has 0 aliphatic heterocycles. The van der Waals surface area contributed by atoms with Crippen LogP contribution in [0, 0.1) is 18.6 Å². The first-order chi connectivity index (χ1) is 19.3. The van der Waals surface area contributed by atoms with Gasteiger partial charge in [0.15, 0.2) is 22.1 Å². The van der Waals surface area contributed by atoms with Crippen LogP contribution in [0.4, 0.5) is 26.7 Å². The van der Waals surface area contributed by atoms with Crippen molar-refractivity contribution in [1.29, 1.82) is 0 Å². The Morgan fingerprint density at radius 3 is 2.44 bits per heavy atom. The van der Waals surface area contributed by atoms with Crippen LogP contribution in [0.15, 0.2) is 50.0 Å². The smallest absolute Gasteiger partial charge is 0.416 e. The van der Waals surface area contributed by atoms with Crippen LogP contribution in [0.2, 0.25) is 0 Å². The number of hydrogen-bond acceptors (Lipinski definition) is 9. The molecule has 0 aliphatic carbocycles. The number of amides is 2. The average molecular weight is 646 g/mol. The molecule has 0 spiro atoms. The van der Waals surface area contributed by atoms with Crippen LogP contribution in [0.5, 0.6) is 5.75 Å². The zero-order valence-electron chi connectivity index (χ0n) is 20.6. The highest BCUT2D eigenvalue weighted by Crippen LogP contribution is 2.36. The van der Waals surface area contributed by atoms with Crippen molar-refractivity contribution in [3.63, 3.8) is 0 Å². The number of oxazole rings is 1. The number of alkyl halides is 3. The standard InChI is InChI=1S/C24H17BrF5N5O6/c1-10-33-16(41-35-10)8-32-23(37)38-9-15(39-14-7-6-13(26)17(18(14)27)21(31)36)22-34-19(20(25)40-22)11-2-4-12(5-3-11)24(28,29)30/h2-7,15H,8-9H2,1H3,(H2,31,36)(H,32,37). The molecule has 0 radical (unpaired) electrons. The fourth-order valence-corrected chi connectivity index (χ4v) is 3.85. The molecule has 216 valence electrons. The molecule has 11 nitrogen and oxygen atoms in total. The Balaban J connectivity index is 1.60. The van der Waals surface area contributed by atoms with Gasteiger partial charge in [-0.05, 0) is 47.1 Å². The molecule has 4 rings (SSSR count). The number of nitrogens with zero attached hydrogens (tertiary/aromatic N) is 3. The first-order valence-electron chi connectivity index (χ1n) is 11.3. The molecule has 1 unspecified atom stereocenters. The molecular weight excluding hydrogens is 629 g/mol. The van der Waals surface area contributed by atoms with Gasteiger partial charge in [-0.25, -0.2) is 18.6 Å². The van der Waals surface area contributed by atoms with Crippen molar-refractivity contribution in [3.8, 4) is 17.0 Å². The van der Waals surface area contributed by atoms with E-state index < -0.39 is 59.4 Å². The number of halogens is 6. The third kappa shape index (κ3) is 6.97. The van der Waals surface area contributed by atoms with Gasteiger partial charge >= 0.3 is 12.3 Å². The molecular formula is C24H17BrF5N5O6. The molecule has 17 heteroatoms. The number of nitrogens with one attached hydrogen (secondary N) is 1. The predicted molar refractivity (Wildman–Crippen MR) is 130 cm³/mol. The molecule has 0 bridgehead atoms. The van der Waals surface area contributed by atoms with Gasteiger partial charge in [0.25, 0.3) is 5.91 Å². The fourth-order valence-electron chi connectivity index (χ4n) is 3.37. The van der Waals surface area contributed by atoms with Crippen LogP contribution >= 0.6 is 15.9 Å². The minimum absolute atomic E-state index is 0.0379. The first kappa shape index (κ1) is 29.4. The van der Waals surface area contributed by atoms with Gasteiger partial charge in [0, 0.05) is 5.56 Å². The maximum Gasteiger partial charge on any atom is 0.416 e. The number of hydrogen-bond donors (Lipinski definition) is 2. The van der Waals surface area contributed by atoms with E-state index in [0.717, 1.165) is 36.4 Å². The van der Waals surface area contributed by atoms with Gasteiger partial charge in [0.1, 0.15) is 30.2 Å². The van der Waals surface area contributed by atoms with E-state index in [1.807, 2.05) is 0 Å². The number of alkyl carbamates (subject to hydrolysis) is 1. The Morgan fingerprint density at radius 1 is 1.12 bits per heavy atom. The Kier molecular flexibility index (Phi) is 8.55. The number of benzene rings is 2. The number of rotatable bonds is 9. The normalized spacial score (nSPS) is 12.2. The Hall–Kier alpha value is -4.54. The number of aromatic nitrogens is 3. The number of primary amides is 1. The van der Waals surface area contributed by atoms with Crippen molar-refractivity contribution in [2.75, 3.05) is 6.61 Å². The van der Waals surface area contributed by atoms with Crippen molar-refractivity contribution >= 4 is 27.9 Å². The minimum atomic E-state index is -4.56. The lowest BCUT2D eigenvalue weighted by molar-refractivity contribution is -0.137. The monoisotopic (exact) mass is 645 g/mol. The van der Waals surface area contributed by atoms with Crippen molar-refractivity contribution in [3.05, 3.63) is 81.4 Å². The van der Waals surface area contributed by atoms with E-state index in [9.17, 15) is 31.5 Å². The SMILES string of the molecule is Cc1noc(CNC(=O)OCC(Oc2ccc(F)c(C(N)=O)c2F)c2nc(-c3ccc(C(F)(F)F)cc3)c(Br)o2)n1. The summed E-state index contributed by atoms with van der Waals surface area (Å²) in [6, 6.07) is 5.55. The van der Waals surface area contributed by atoms with E-state index in [4.69, 9.17) is 24.1 Å². The average Bonchev–Trinajstić information content (AvgIpc) is 3.50. The van der Waals surface area contributed by atoms with E-state index in [-0.39, 0.29) is 34.3 Å². The van der Waals surface area contributed by atoms with Gasteiger partial charge in [0.2, 0.25) is 17.9 Å². The zero-order valence-corrected chi connectivity index (χ0v) is 22.2. The molecule has 4 aromatic rings. The largest absolute Gasteiger partial charge is 0.474 e. The molecule has 2 heterocycles. The summed E-state index contributed by atoms with van der Waals surface area (Å²) in [6.07, 6.45) is -7.07. The quantitative estimate of drug-likeness (QED) is 0.232. The first-order valence-corrected chi connectivity index (χ1v) is 12.1. The third-order valence-corrected chi connectivity index (χ3v) is 5.79. The second-order valence-corrected chi connectivity index (χ2v) is 8.86. The number of aryl methyl sites for hydroxylation is 1. The van der Waals surface area contributed by atoms with Crippen molar-refractivity contribution < 1.29 is 50.0 Å². The maximum absolute atomic E-state index is 14.9. The molecule has 3 N–H and O–H groups in total. The molecule has 2 aromatic carbocycles. The highest BCUT2D eigenvalue weighted by atomic mass is 79.9. The summed E-state index contributed by atoms with van der Waals surface area (Å²) in [4.78, 5) is 31.9. The lowest BCUT2D eigenvalue weighted by atomic mass is 10.1. The summed E-state index contributed by atoms with van der Waals surface area (Å²) in [5, 5.41) is 5.90. The predicted octanol–water partition coefficient (Wildman–Crippen LogP) is 5.24. The Morgan fingerprint density at radius 2 is 1.83 bits per heavy atom. The third-order valence-electron chi connectivity index (χ3n) is 5.25. The topological polar surface area (TPSA) is 156 Å². The molecule has 2 aromatic heterocycles. The zero-order chi connectivity index (χ0) is 29.9. The minimum Gasteiger partial charge on any atom is -0.474 e. The Labute approximate surface area is 234 Å². The van der Waals surface area contributed by atoms with Crippen LogP contribution in [0.25, 0.3) is 11.3 Å². The molecule has 0 saturated heterocycles. The Bertz CT molecular complexity index is 1570. The van der Waals surface area contributed by atoms with Crippen molar-refractivity contribution in [1.82, 2.24) is 20.4 Å². The summed E-state index contributed by atoms with van der Waals surface area (Å²) >= 11 is 3.12. The van der Waals surface area contributed by atoms with E-state index in [1.165, 1.54) is 0 Å². The second-order valence-electron chi connectivity index (χ2n) is 8.14. The second kappa shape index (κ2) is 11.9. The number of carbonyl (C=O) groups is 2. The van der Waals surface area contributed by atoms with Gasteiger partial charge in [-0.1, -0.05) is 17.3 Å². The number of nitrogens with two attached hydrogens (primary N) is 1. The van der Waals surface area contributed by atoms with Crippen LogP contribution in [0.1, 0.15) is 39.6 Å². The molecule has 0 saturated carbocycles. The lowest BCUT2D eigenvalue weighted by Gasteiger charge is -2.17. The summed E-state index contributed by atoms with van der Waals surface area (Å²) in [5.41, 5.74) is 3.33. The van der Waals surface area contributed by atoms with Crippen LogP contribution in [-0.4, -0.2) is 33.7 Å². The van der Waals surface area contributed by atoms with Crippen molar-refractivity contribution in [2.45, 2.75) is 25.7 Å². The van der Waals surface area contributed by atoms with Crippen LogP contribution in [0.3, 0.4) is 0 Å². The summed E-state index contributed by atoms with van der Waals surface area (Å²) < 4.78 is 88.7. The van der Waals surface area contributed by atoms with Gasteiger partial charge in [-0.3, -0.25) is 4.79 Å². The van der Waals surface area contributed by atoms with Gasteiger partial charge < -0.3 is 29.5 Å². The molecule has 0 aliphatic rings. The molecule has 1 atom stereocenters. The summed E-state index contributed by atoms with van der Waals surface area (Å²) in [5.74, 6) is -4.66. The number of ether oxygens (including phenoxy) is 2. The van der Waals surface area contributed by atoms with Gasteiger partial charge in [-0.15, -0.1) is 0 Å². The summed E-state index contributed by atoms with van der Waals surface area (Å²) in [7, 11) is 0. The molecule has 2 amide bonds. The van der Waals surface area contributed by atoms with E-state index in [0.29, 0.717) is 5.82 Å². The highest BCUT2D eigenvalue weighted by molar-refractivity contribution is 9.10. The van der Waals surface area contributed by atoms with Gasteiger partial charge in [-0.2, -0.15) is 18.2 Å². The lowest BCUT2D eigenvalue weighted by Crippen LogP contribution is -2.27. The van der Waals surface area contributed by atoms with E-state index in [2.05, 4.69) is 36.4 Å². The van der Waals surface area contributed by atoms with E-state index >= 15 is 0 Å². The van der Waals surface area contributed by atoms with Crippen LogP contribution in [-0.2, 0) is 17.5 Å². The number of carbonyl (C=O) groups excluding carboxylic acids is 2. The molecule has 0 fully saturated rings. The summed E-state index contributed by atoms with van der Waals surface area (Å²) in [6.45, 7) is 0.706. The maximum atomic E-state index is 14.9.